The summed E-state index contributed by atoms with van der Waals surface area (Å²) in [6, 6.07) is 10.5. The van der Waals surface area contributed by atoms with E-state index in [1.807, 2.05) is 6.92 Å². The van der Waals surface area contributed by atoms with E-state index in [2.05, 4.69) is 0 Å². The number of hydrogen-bond acceptors (Lipinski definition) is 4. The van der Waals surface area contributed by atoms with Crippen LogP contribution in [0.1, 0.15) is 24.2 Å². The molecule has 1 atom stereocenters. The average molecular weight is 307 g/mol. The molecule has 0 aliphatic rings. The van der Waals surface area contributed by atoms with Gasteiger partial charge in [-0.2, -0.15) is 0 Å². The quantitative estimate of drug-likeness (QED) is 0.689. The summed E-state index contributed by atoms with van der Waals surface area (Å²) in [5, 5.41) is 17.6. The lowest BCUT2D eigenvalue weighted by molar-refractivity contribution is -0.384. The molecule has 1 N–H and O–H groups in total. The molecule has 5 nitrogen and oxygen atoms in total. The number of non-ortho nitro benzene ring substituents is 1. The summed E-state index contributed by atoms with van der Waals surface area (Å²) in [5.74, 6) is 0.133. The predicted octanol–water partition coefficient (Wildman–Crippen LogP) is 3.79. The monoisotopic (exact) mass is 307 g/mol. The van der Waals surface area contributed by atoms with Gasteiger partial charge in [-0.1, -0.05) is 11.6 Å². The van der Waals surface area contributed by atoms with Gasteiger partial charge in [0.15, 0.2) is 0 Å². The summed E-state index contributed by atoms with van der Waals surface area (Å²) < 4.78 is 19.3. The van der Waals surface area contributed by atoms with Crippen molar-refractivity contribution in [3.05, 3.63) is 69.5 Å². The zero-order chi connectivity index (χ0) is 16.7. The van der Waals surface area contributed by atoms with E-state index >= 15 is 0 Å². The molecule has 0 amide bonds. The van der Waals surface area contributed by atoms with Crippen LogP contribution in [-0.2, 0) is 0 Å². The Morgan fingerprint density at radius 1 is 1.18 bits per heavy atom. The highest BCUT2D eigenvalue weighted by Gasteiger charge is 2.13. The Hall–Kier alpha value is -2.47. The highest BCUT2D eigenvalue weighted by Crippen LogP contribution is 2.26. The Bertz CT molecular complexity index is 629. The molecule has 2 aromatic rings. The molecule has 0 spiro atoms. The number of rotatable bonds is 4. The maximum Gasteiger partial charge on any atom is 0.269 e. The summed E-state index contributed by atoms with van der Waals surface area (Å²) in [4.78, 5) is 10.1. The van der Waals surface area contributed by atoms with Gasteiger partial charge in [-0.05, 0) is 38.1 Å². The first kappa shape index (κ1) is 17.6. The maximum atomic E-state index is 13.7. The smallest absolute Gasteiger partial charge is 0.269 e. The molecule has 0 radical (unpaired) electrons. The number of ether oxygens (including phenoxy) is 1. The lowest BCUT2D eigenvalue weighted by Crippen LogP contribution is -2.06. The van der Waals surface area contributed by atoms with Crippen LogP contribution in [0.4, 0.5) is 10.1 Å². The summed E-state index contributed by atoms with van der Waals surface area (Å²) in [6.07, 6.45) is -0.476. The molecule has 118 valence electrons. The molecule has 2 rings (SSSR count). The summed E-state index contributed by atoms with van der Waals surface area (Å²) in [5.41, 5.74) is 1.40. The number of aliphatic hydroxyl groups excluding tert-OH is 1. The van der Waals surface area contributed by atoms with E-state index in [9.17, 15) is 14.5 Å². The van der Waals surface area contributed by atoms with Crippen LogP contribution >= 0.6 is 0 Å². The maximum absolute atomic E-state index is 13.7. The van der Waals surface area contributed by atoms with E-state index in [0.717, 1.165) is 12.7 Å². The van der Waals surface area contributed by atoms with Crippen LogP contribution in [0.5, 0.6) is 5.75 Å². The Morgan fingerprint density at radius 3 is 2.32 bits per heavy atom. The van der Waals surface area contributed by atoms with Crippen LogP contribution in [0.15, 0.2) is 42.5 Å². The van der Waals surface area contributed by atoms with Gasteiger partial charge in [0, 0.05) is 24.8 Å². The molecule has 0 bridgehead atoms. The van der Waals surface area contributed by atoms with Crippen molar-refractivity contribution in [1.82, 2.24) is 0 Å². The zero-order valence-corrected chi connectivity index (χ0v) is 12.6. The molecular weight excluding hydrogens is 289 g/mol. The molecule has 0 heterocycles. The van der Waals surface area contributed by atoms with Crippen LogP contribution in [-0.4, -0.2) is 17.1 Å². The Balaban J connectivity index is 0.00000116. The first-order valence-corrected chi connectivity index (χ1v) is 6.59. The number of nitro groups is 1. The van der Waals surface area contributed by atoms with Crippen LogP contribution in [0.3, 0.4) is 0 Å². The van der Waals surface area contributed by atoms with Crippen LogP contribution in [0, 0.1) is 22.9 Å². The Labute approximate surface area is 128 Å². The number of nitrogens with zero attached hydrogens (tertiary/aromatic N) is 1. The van der Waals surface area contributed by atoms with E-state index in [4.69, 9.17) is 9.84 Å². The highest BCUT2D eigenvalue weighted by molar-refractivity contribution is 5.36. The van der Waals surface area contributed by atoms with Gasteiger partial charge in [0.25, 0.3) is 5.69 Å². The largest absolute Gasteiger partial charge is 0.486 e. The molecule has 2 aromatic carbocycles. The lowest BCUT2D eigenvalue weighted by Gasteiger charge is -2.16. The summed E-state index contributed by atoms with van der Waals surface area (Å²) in [7, 11) is 1.00. The second-order valence-electron chi connectivity index (χ2n) is 4.54. The Morgan fingerprint density at radius 2 is 1.77 bits per heavy atom. The predicted molar refractivity (Wildman–Crippen MR) is 81.4 cm³/mol. The lowest BCUT2D eigenvalue weighted by atomic mass is 10.1. The van der Waals surface area contributed by atoms with Crippen molar-refractivity contribution in [3.8, 4) is 5.75 Å². The standard InChI is InChI=1S/C15H14FNO3.CH4O/c1-10-3-8-15(16)14(9-10)11(2)20-13-6-4-12(5-7-13)17(18)19;1-2/h3-9,11H,1-2H3;2H,1H3. The minimum atomic E-state index is -0.479. The molecule has 0 saturated carbocycles. The molecule has 0 aliphatic heterocycles. The van der Waals surface area contributed by atoms with Crippen molar-refractivity contribution >= 4 is 5.69 Å². The zero-order valence-electron chi connectivity index (χ0n) is 12.6. The SMILES string of the molecule is CO.Cc1ccc(F)c(C(C)Oc2ccc([N+](=O)[O-])cc2)c1. The van der Waals surface area contributed by atoms with Gasteiger partial charge in [0.1, 0.15) is 17.7 Å². The average Bonchev–Trinajstić information content (AvgIpc) is 2.52. The van der Waals surface area contributed by atoms with Gasteiger partial charge in [0.2, 0.25) is 0 Å². The topological polar surface area (TPSA) is 72.6 Å². The Kier molecular flexibility index (Phi) is 6.47. The molecule has 0 aliphatic carbocycles. The normalized spacial score (nSPS) is 11.1. The highest BCUT2D eigenvalue weighted by atomic mass is 19.1. The summed E-state index contributed by atoms with van der Waals surface area (Å²) in [6.45, 7) is 3.61. The molecule has 0 aromatic heterocycles. The third kappa shape index (κ3) is 4.53. The van der Waals surface area contributed by atoms with E-state index < -0.39 is 11.0 Å². The number of aryl methyl sites for hydroxylation is 1. The van der Waals surface area contributed by atoms with E-state index in [1.54, 1.807) is 19.1 Å². The summed E-state index contributed by atoms with van der Waals surface area (Å²) >= 11 is 0. The van der Waals surface area contributed by atoms with Gasteiger partial charge < -0.3 is 9.84 Å². The first-order chi connectivity index (χ1) is 10.5. The van der Waals surface area contributed by atoms with Crippen molar-refractivity contribution in [2.45, 2.75) is 20.0 Å². The van der Waals surface area contributed by atoms with E-state index in [1.165, 1.54) is 30.3 Å². The number of aliphatic hydroxyl groups is 1. The number of hydrogen-bond donors (Lipinski definition) is 1. The van der Waals surface area contributed by atoms with Crippen molar-refractivity contribution in [2.24, 2.45) is 0 Å². The first-order valence-electron chi connectivity index (χ1n) is 6.59. The fourth-order valence-corrected chi connectivity index (χ4v) is 1.89. The molecular formula is C16H18FNO4. The number of nitro benzene ring substituents is 1. The molecule has 22 heavy (non-hydrogen) atoms. The van der Waals surface area contributed by atoms with Crippen molar-refractivity contribution in [1.29, 1.82) is 0 Å². The van der Waals surface area contributed by atoms with Gasteiger partial charge in [-0.3, -0.25) is 10.1 Å². The van der Waals surface area contributed by atoms with Crippen molar-refractivity contribution in [3.63, 3.8) is 0 Å². The number of benzene rings is 2. The minimum Gasteiger partial charge on any atom is -0.486 e. The van der Waals surface area contributed by atoms with Crippen LogP contribution in [0.2, 0.25) is 0 Å². The van der Waals surface area contributed by atoms with Crippen molar-refractivity contribution in [2.75, 3.05) is 7.11 Å². The minimum absolute atomic E-state index is 0.00765. The third-order valence-electron chi connectivity index (χ3n) is 2.95. The molecule has 1 unspecified atom stereocenters. The van der Waals surface area contributed by atoms with Gasteiger partial charge in [-0.15, -0.1) is 0 Å². The van der Waals surface area contributed by atoms with Crippen molar-refractivity contribution < 1.29 is 19.2 Å². The number of halogens is 1. The second kappa shape index (κ2) is 8.09. The van der Waals surface area contributed by atoms with Crippen LogP contribution < -0.4 is 4.74 Å². The van der Waals surface area contributed by atoms with Crippen LogP contribution in [0.25, 0.3) is 0 Å². The molecule has 6 heteroatoms. The fraction of sp³-hybridized carbons (Fsp3) is 0.250. The molecule has 0 saturated heterocycles. The fourth-order valence-electron chi connectivity index (χ4n) is 1.89. The van der Waals surface area contributed by atoms with E-state index in [0.29, 0.717) is 11.3 Å². The second-order valence-corrected chi connectivity index (χ2v) is 4.54. The van der Waals surface area contributed by atoms with Gasteiger partial charge in [0.05, 0.1) is 4.92 Å². The van der Waals surface area contributed by atoms with E-state index in [-0.39, 0.29) is 11.5 Å². The van der Waals surface area contributed by atoms with Gasteiger partial charge in [-0.25, -0.2) is 4.39 Å². The molecule has 0 fully saturated rings. The third-order valence-corrected chi connectivity index (χ3v) is 2.95. The van der Waals surface area contributed by atoms with Gasteiger partial charge >= 0.3 is 0 Å².